The summed E-state index contributed by atoms with van der Waals surface area (Å²) in [6, 6.07) is 27.3. The molecule has 1 fully saturated rings. The van der Waals surface area contributed by atoms with Gasteiger partial charge >= 0.3 is 0 Å². The second-order valence-electron chi connectivity index (χ2n) is 7.74. The summed E-state index contributed by atoms with van der Waals surface area (Å²) in [5.74, 6) is 0.329. The lowest BCUT2D eigenvalue weighted by Gasteiger charge is -2.47. The number of rotatable bonds is 6. The summed E-state index contributed by atoms with van der Waals surface area (Å²) in [4.78, 5) is 4.79. The van der Waals surface area contributed by atoms with Crippen LogP contribution >= 0.6 is 24.8 Å². The van der Waals surface area contributed by atoms with Crippen molar-refractivity contribution >= 4 is 24.8 Å². The average Bonchev–Trinajstić information content (AvgIpc) is 2.79. The van der Waals surface area contributed by atoms with E-state index >= 15 is 0 Å². The molecular weight excluding hydrogens is 445 g/mol. The van der Waals surface area contributed by atoms with Crippen LogP contribution in [-0.4, -0.2) is 30.2 Å². The fourth-order valence-electron chi connectivity index (χ4n) is 4.33. The van der Waals surface area contributed by atoms with Crippen molar-refractivity contribution in [2.75, 3.05) is 13.7 Å². The van der Waals surface area contributed by atoms with Gasteiger partial charge in [-0.05, 0) is 31.0 Å². The van der Waals surface area contributed by atoms with Crippen LogP contribution in [-0.2, 0) is 17.0 Å². The highest BCUT2D eigenvalue weighted by Crippen LogP contribution is 2.36. The lowest BCUT2D eigenvalue weighted by atomic mass is 9.81. The standard InChI is InChI=1S/C25H29N3O.2ClH.H2O/c1-19-10-9-15-23(28-19)21-16-24(26-17-20-11-5-3-6-12-20)25(29-2,27-18-21)22-13-7-4-8-14-22;;;/h3-15,21,24,26-27H,16-18H2,1-2H3;2*1H;1H2. The summed E-state index contributed by atoms with van der Waals surface area (Å²) >= 11 is 0. The van der Waals surface area contributed by atoms with Gasteiger partial charge in [-0.3, -0.25) is 10.3 Å². The first kappa shape index (κ1) is 28.0. The number of nitrogens with one attached hydrogen (secondary N) is 2. The molecule has 3 aromatic rings. The molecule has 1 aliphatic heterocycles. The molecule has 3 atom stereocenters. The molecule has 0 bridgehead atoms. The quantitative estimate of drug-likeness (QED) is 0.558. The zero-order chi connectivity index (χ0) is 20.1. The van der Waals surface area contributed by atoms with Crippen molar-refractivity contribution in [3.8, 4) is 0 Å². The molecule has 0 amide bonds. The number of benzene rings is 2. The first-order chi connectivity index (χ1) is 14.2. The number of aromatic nitrogens is 1. The Hall–Kier alpha value is -1.99. The van der Waals surface area contributed by atoms with Crippen LogP contribution in [0.3, 0.4) is 0 Å². The van der Waals surface area contributed by atoms with Crippen molar-refractivity contribution in [2.45, 2.75) is 37.6 Å². The van der Waals surface area contributed by atoms with Crippen LogP contribution in [0.2, 0.25) is 0 Å². The summed E-state index contributed by atoms with van der Waals surface area (Å²) in [6.45, 7) is 3.66. The Balaban J connectivity index is 0.00000171. The van der Waals surface area contributed by atoms with Gasteiger partial charge in [0.25, 0.3) is 0 Å². The van der Waals surface area contributed by atoms with E-state index in [1.165, 1.54) is 5.56 Å². The SMILES string of the molecule is COC1(c2ccccc2)NCC(c2cccc(C)n2)CC1NCc1ccccc1.Cl.Cl.O. The van der Waals surface area contributed by atoms with E-state index in [-0.39, 0.29) is 36.3 Å². The molecule has 174 valence electrons. The van der Waals surface area contributed by atoms with Crippen LogP contribution in [0.5, 0.6) is 0 Å². The zero-order valence-corrected chi connectivity index (χ0v) is 20.1. The molecule has 1 saturated heterocycles. The Morgan fingerprint density at radius 3 is 2.25 bits per heavy atom. The normalized spacial score (nSPS) is 22.1. The summed E-state index contributed by atoms with van der Waals surface area (Å²) in [6.07, 6.45) is 0.943. The van der Waals surface area contributed by atoms with Crippen molar-refractivity contribution in [3.63, 3.8) is 0 Å². The van der Waals surface area contributed by atoms with Crippen molar-refractivity contribution in [3.05, 3.63) is 101 Å². The number of aryl methyl sites for hydroxylation is 1. The van der Waals surface area contributed by atoms with Gasteiger partial charge in [-0.15, -0.1) is 24.8 Å². The number of nitrogens with zero attached hydrogens (tertiary/aromatic N) is 1. The smallest absolute Gasteiger partial charge is 0.160 e. The average molecular weight is 478 g/mol. The molecule has 32 heavy (non-hydrogen) atoms. The Bertz CT molecular complexity index is 931. The monoisotopic (exact) mass is 477 g/mol. The predicted molar refractivity (Wildman–Crippen MR) is 135 cm³/mol. The van der Waals surface area contributed by atoms with Gasteiger partial charge in [-0.2, -0.15) is 0 Å². The fourth-order valence-corrected chi connectivity index (χ4v) is 4.33. The number of pyridine rings is 1. The number of methoxy groups -OCH3 is 1. The van der Waals surface area contributed by atoms with E-state index in [9.17, 15) is 0 Å². The number of halogens is 2. The lowest BCUT2D eigenvalue weighted by Crippen LogP contribution is -2.63. The maximum atomic E-state index is 6.18. The molecule has 0 aliphatic carbocycles. The van der Waals surface area contributed by atoms with Gasteiger partial charge in [-0.25, -0.2) is 0 Å². The van der Waals surface area contributed by atoms with Gasteiger partial charge in [0.2, 0.25) is 0 Å². The molecule has 3 unspecified atom stereocenters. The molecule has 1 aromatic heterocycles. The van der Waals surface area contributed by atoms with Gasteiger partial charge in [0.1, 0.15) is 0 Å². The van der Waals surface area contributed by atoms with Crippen LogP contribution in [0.1, 0.15) is 34.9 Å². The summed E-state index contributed by atoms with van der Waals surface area (Å²) < 4.78 is 6.18. The van der Waals surface area contributed by atoms with Crippen molar-refractivity contribution in [1.29, 1.82) is 0 Å². The minimum atomic E-state index is -0.573. The summed E-state index contributed by atoms with van der Waals surface area (Å²) in [5, 5.41) is 7.51. The fraction of sp³-hybridized carbons (Fsp3) is 0.320. The van der Waals surface area contributed by atoms with Crippen molar-refractivity contribution in [1.82, 2.24) is 15.6 Å². The van der Waals surface area contributed by atoms with Crippen LogP contribution in [0.4, 0.5) is 0 Å². The molecule has 4 rings (SSSR count). The van der Waals surface area contributed by atoms with E-state index in [0.29, 0.717) is 5.92 Å². The molecule has 0 radical (unpaired) electrons. The molecular formula is C25H33Cl2N3O2. The van der Waals surface area contributed by atoms with Crippen LogP contribution in [0.25, 0.3) is 0 Å². The summed E-state index contributed by atoms with van der Waals surface area (Å²) in [7, 11) is 1.79. The Labute approximate surface area is 203 Å². The second-order valence-corrected chi connectivity index (χ2v) is 7.74. The Morgan fingerprint density at radius 1 is 0.969 bits per heavy atom. The molecule has 7 heteroatoms. The maximum Gasteiger partial charge on any atom is 0.160 e. The maximum absolute atomic E-state index is 6.18. The predicted octanol–water partition coefficient (Wildman–Crippen LogP) is 4.14. The zero-order valence-electron chi connectivity index (χ0n) is 18.5. The van der Waals surface area contributed by atoms with Crippen LogP contribution in [0.15, 0.2) is 78.9 Å². The van der Waals surface area contributed by atoms with Gasteiger partial charge in [0.05, 0.1) is 6.04 Å². The van der Waals surface area contributed by atoms with Gasteiger partial charge in [0, 0.05) is 43.1 Å². The topological polar surface area (TPSA) is 77.7 Å². The highest BCUT2D eigenvalue weighted by Gasteiger charge is 2.45. The molecule has 0 saturated carbocycles. The van der Waals surface area contributed by atoms with E-state index in [2.05, 4.69) is 77.4 Å². The second kappa shape index (κ2) is 12.9. The lowest BCUT2D eigenvalue weighted by molar-refractivity contribution is -0.0938. The van der Waals surface area contributed by atoms with E-state index in [0.717, 1.165) is 36.5 Å². The number of hydrogen-bond donors (Lipinski definition) is 2. The third-order valence-corrected chi connectivity index (χ3v) is 5.87. The van der Waals surface area contributed by atoms with E-state index < -0.39 is 5.72 Å². The third kappa shape index (κ3) is 6.07. The van der Waals surface area contributed by atoms with Crippen LogP contribution in [0, 0.1) is 6.92 Å². The van der Waals surface area contributed by atoms with Gasteiger partial charge < -0.3 is 15.5 Å². The van der Waals surface area contributed by atoms with Crippen molar-refractivity contribution in [2.24, 2.45) is 0 Å². The molecule has 4 N–H and O–H groups in total. The molecule has 5 nitrogen and oxygen atoms in total. The highest BCUT2D eigenvalue weighted by atomic mass is 35.5. The van der Waals surface area contributed by atoms with Gasteiger partial charge in [-0.1, -0.05) is 66.7 Å². The number of piperidine rings is 1. The Morgan fingerprint density at radius 2 is 1.62 bits per heavy atom. The minimum absolute atomic E-state index is 0. The first-order valence-electron chi connectivity index (χ1n) is 10.3. The molecule has 2 aromatic carbocycles. The largest absolute Gasteiger partial charge is 0.412 e. The number of ether oxygens (including phenoxy) is 1. The molecule has 2 heterocycles. The van der Waals surface area contributed by atoms with Crippen molar-refractivity contribution < 1.29 is 10.2 Å². The molecule has 0 spiro atoms. The minimum Gasteiger partial charge on any atom is -0.412 e. The Kier molecular flexibility index (Phi) is 11.3. The van der Waals surface area contributed by atoms with E-state index in [1.807, 2.05) is 19.1 Å². The van der Waals surface area contributed by atoms with Crippen LogP contribution < -0.4 is 10.6 Å². The summed E-state index contributed by atoms with van der Waals surface area (Å²) in [5.41, 5.74) is 4.03. The van der Waals surface area contributed by atoms with E-state index in [4.69, 9.17) is 9.72 Å². The highest BCUT2D eigenvalue weighted by molar-refractivity contribution is 5.85. The first-order valence-corrected chi connectivity index (χ1v) is 10.3. The van der Waals surface area contributed by atoms with E-state index in [1.54, 1.807) is 7.11 Å². The third-order valence-electron chi connectivity index (χ3n) is 5.87. The number of hydrogen-bond acceptors (Lipinski definition) is 4. The van der Waals surface area contributed by atoms with Gasteiger partial charge in [0.15, 0.2) is 5.72 Å². The molecule has 1 aliphatic rings.